The molecule has 24 heavy (non-hydrogen) atoms. The number of benzene rings is 1. The number of imide groups is 1. The number of nitrogens with zero attached hydrogens (tertiary/aromatic N) is 1. The van der Waals surface area contributed by atoms with Gasteiger partial charge in [0.2, 0.25) is 5.91 Å². The summed E-state index contributed by atoms with van der Waals surface area (Å²) in [7, 11) is 0. The zero-order valence-electron chi connectivity index (χ0n) is 12.7. The molecule has 0 saturated heterocycles. The maximum Gasteiger partial charge on any atom is 0.318 e. The topological polar surface area (TPSA) is 94.3 Å². The van der Waals surface area contributed by atoms with Gasteiger partial charge in [0.05, 0.1) is 5.69 Å². The quantitative estimate of drug-likeness (QED) is 0.698. The molecule has 128 valence electrons. The van der Waals surface area contributed by atoms with Crippen molar-refractivity contribution in [1.82, 2.24) is 10.3 Å². The van der Waals surface area contributed by atoms with Crippen molar-refractivity contribution in [2.75, 3.05) is 5.75 Å². The first kappa shape index (κ1) is 18.2. The second-order valence-electron chi connectivity index (χ2n) is 4.69. The average molecular weight is 369 g/mol. The Balaban J connectivity index is 1.68. The summed E-state index contributed by atoms with van der Waals surface area (Å²) in [5.41, 5.74) is 5.75. The first-order valence-electron chi connectivity index (χ1n) is 7.01. The van der Waals surface area contributed by atoms with E-state index >= 15 is 0 Å². The minimum atomic E-state index is -0.838. The molecule has 3 N–H and O–H groups in total. The average Bonchev–Trinajstić information content (AvgIpc) is 2.98. The van der Waals surface area contributed by atoms with Crippen molar-refractivity contribution < 1.29 is 18.7 Å². The molecule has 0 atom stereocenters. The normalized spacial score (nSPS) is 10.4. The summed E-state index contributed by atoms with van der Waals surface area (Å²) in [6, 6.07) is 4.98. The Hall–Kier alpha value is -2.13. The third-order valence-corrected chi connectivity index (χ3v) is 4.63. The maximum absolute atomic E-state index is 12.8. The van der Waals surface area contributed by atoms with Crippen LogP contribution < -0.4 is 15.8 Å². The van der Waals surface area contributed by atoms with Gasteiger partial charge < -0.3 is 10.5 Å². The summed E-state index contributed by atoms with van der Waals surface area (Å²) >= 11 is 3.02. The van der Waals surface area contributed by atoms with E-state index < -0.39 is 6.03 Å². The fraction of sp³-hybridized carbons (Fsp3) is 0.267. The second kappa shape index (κ2) is 9.24. The number of nitrogens with one attached hydrogen (secondary N) is 1. The number of rotatable bonds is 8. The summed E-state index contributed by atoms with van der Waals surface area (Å²) in [6.07, 6.45) is 0.221. The Morgan fingerprint density at radius 1 is 1.33 bits per heavy atom. The molecule has 1 aromatic heterocycles. The van der Waals surface area contributed by atoms with E-state index in [1.165, 1.54) is 35.2 Å². The number of thioether (sulfide) groups is 1. The van der Waals surface area contributed by atoms with Crippen LogP contribution in [-0.2, 0) is 17.2 Å². The fourth-order valence-electron chi connectivity index (χ4n) is 1.70. The molecule has 0 radical (unpaired) electrons. The third kappa shape index (κ3) is 6.55. The molecular weight excluding hydrogens is 353 g/mol. The molecule has 0 fully saturated rings. The summed E-state index contributed by atoms with van der Waals surface area (Å²) in [4.78, 5) is 26.2. The molecule has 0 saturated carbocycles. The predicted octanol–water partition coefficient (Wildman–Crippen LogP) is 2.68. The molecule has 3 amide bonds. The zero-order chi connectivity index (χ0) is 17.4. The van der Waals surface area contributed by atoms with Crippen molar-refractivity contribution in [3.8, 4) is 5.75 Å². The Bertz CT molecular complexity index is 692. The standard InChI is InChI=1S/C15H16FN3O3S2/c16-10-1-3-12(4-2-10)22-7-14-18-11(9-24-14)8-23-6-5-13(20)19-15(17)21/h1-4,9H,5-8H2,(H3,17,19,20,21). The van der Waals surface area contributed by atoms with E-state index in [0.717, 1.165) is 10.7 Å². The van der Waals surface area contributed by atoms with Gasteiger partial charge in [-0.2, -0.15) is 11.8 Å². The van der Waals surface area contributed by atoms with Gasteiger partial charge >= 0.3 is 6.03 Å². The van der Waals surface area contributed by atoms with Gasteiger partial charge in [-0.25, -0.2) is 14.2 Å². The van der Waals surface area contributed by atoms with Crippen LogP contribution in [0.4, 0.5) is 9.18 Å². The van der Waals surface area contributed by atoms with Crippen LogP contribution in [0.25, 0.3) is 0 Å². The van der Waals surface area contributed by atoms with Crippen molar-refractivity contribution in [3.63, 3.8) is 0 Å². The molecule has 0 bridgehead atoms. The lowest BCUT2D eigenvalue weighted by atomic mass is 10.3. The van der Waals surface area contributed by atoms with E-state index in [1.54, 1.807) is 12.1 Å². The van der Waals surface area contributed by atoms with Crippen LogP contribution in [0.15, 0.2) is 29.6 Å². The van der Waals surface area contributed by atoms with Gasteiger partial charge in [-0.3, -0.25) is 10.1 Å². The number of aromatic nitrogens is 1. The van der Waals surface area contributed by atoms with Gasteiger partial charge in [0.25, 0.3) is 0 Å². The van der Waals surface area contributed by atoms with Crippen molar-refractivity contribution >= 4 is 35.0 Å². The van der Waals surface area contributed by atoms with E-state index in [4.69, 9.17) is 10.5 Å². The highest BCUT2D eigenvalue weighted by Crippen LogP contribution is 2.19. The summed E-state index contributed by atoms with van der Waals surface area (Å²) < 4.78 is 18.3. The lowest BCUT2D eigenvalue weighted by molar-refractivity contribution is -0.119. The third-order valence-electron chi connectivity index (χ3n) is 2.76. The van der Waals surface area contributed by atoms with Crippen LogP contribution in [-0.4, -0.2) is 22.7 Å². The van der Waals surface area contributed by atoms with E-state index in [1.807, 2.05) is 10.7 Å². The maximum atomic E-state index is 12.8. The van der Waals surface area contributed by atoms with Crippen molar-refractivity contribution in [2.24, 2.45) is 5.73 Å². The number of carbonyl (C=O) groups excluding carboxylic acids is 2. The molecule has 0 aliphatic heterocycles. The number of hydrogen-bond donors (Lipinski definition) is 2. The summed E-state index contributed by atoms with van der Waals surface area (Å²) in [5, 5.41) is 4.77. The molecule has 2 aromatic rings. The molecule has 6 nitrogen and oxygen atoms in total. The van der Waals surface area contributed by atoms with Crippen LogP contribution in [0.5, 0.6) is 5.75 Å². The SMILES string of the molecule is NC(=O)NC(=O)CCSCc1csc(COc2ccc(F)cc2)n1. The zero-order valence-corrected chi connectivity index (χ0v) is 14.3. The van der Waals surface area contributed by atoms with E-state index in [2.05, 4.69) is 4.98 Å². The first-order valence-corrected chi connectivity index (χ1v) is 9.05. The Kier molecular flexibility index (Phi) is 7.01. The molecule has 1 heterocycles. The minimum absolute atomic E-state index is 0.221. The summed E-state index contributed by atoms with van der Waals surface area (Å²) in [6.45, 7) is 0.321. The molecule has 0 spiro atoms. The highest BCUT2D eigenvalue weighted by atomic mass is 32.2. The Morgan fingerprint density at radius 3 is 2.79 bits per heavy atom. The van der Waals surface area contributed by atoms with Crippen LogP contribution in [0, 0.1) is 5.82 Å². The van der Waals surface area contributed by atoms with Crippen LogP contribution in [0.3, 0.4) is 0 Å². The Labute approximate surface area is 146 Å². The largest absolute Gasteiger partial charge is 0.486 e. The van der Waals surface area contributed by atoms with E-state index in [9.17, 15) is 14.0 Å². The number of amides is 3. The molecule has 2 rings (SSSR count). The molecule has 0 aliphatic rings. The highest BCUT2D eigenvalue weighted by molar-refractivity contribution is 7.98. The monoisotopic (exact) mass is 369 g/mol. The molecule has 1 aromatic carbocycles. The second-order valence-corrected chi connectivity index (χ2v) is 6.74. The highest BCUT2D eigenvalue weighted by Gasteiger charge is 2.06. The van der Waals surface area contributed by atoms with Gasteiger partial charge in [-0.05, 0) is 24.3 Å². The lowest BCUT2D eigenvalue weighted by Gasteiger charge is -2.03. The number of primary amides is 1. The molecule has 9 heteroatoms. The van der Waals surface area contributed by atoms with Crippen LogP contribution in [0.2, 0.25) is 0 Å². The number of hydrogen-bond acceptors (Lipinski definition) is 6. The first-order chi connectivity index (χ1) is 11.5. The van der Waals surface area contributed by atoms with Gasteiger partial charge in [-0.15, -0.1) is 11.3 Å². The van der Waals surface area contributed by atoms with E-state index in [-0.39, 0.29) is 18.1 Å². The number of nitrogens with two attached hydrogens (primary N) is 1. The van der Waals surface area contributed by atoms with Gasteiger partial charge in [-0.1, -0.05) is 0 Å². The van der Waals surface area contributed by atoms with Crippen molar-refractivity contribution in [1.29, 1.82) is 0 Å². The summed E-state index contributed by atoms with van der Waals surface area (Å²) in [5.74, 6) is 1.12. The fourth-order valence-corrected chi connectivity index (χ4v) is 3.34. The number of ether oxygens (including phenoxy) is 1. The number of urea groups is 1. The number of thiazole rings is 1. The van der Waals surface area contributed by atoms with Crippen molar-refractivity contribution in [2.45, 2.75) is 18.8 Å². The predicted molar refractivity (Wildman–Crippen MR) is 91.4 cm³/mol. The van der Waals surface area contributed by atoms with Gasteiger partial charge in [0.15, 0.2) is 0 Å². The van der Waals surface area contributed by atoms with E-state index in [0.29, 0.717) is 23.9 Å². The van der Waals surface area contributed by atoms with Gasteiger partial charge in [0, 0.05) is 23.3 Å². The number of carbonyl (C=O) groups is 2. The number of halogens is 1. The van der Waals surface area contributed by atoms with Gasteiger partial charge in [0.1, 0.15) is 23.2 Å². The minimum Gasteiger partial charge on any atom is -0.486 e. The smallest absolute Gasteiger partial charge is 0.318 e. The molecule has 0 unspecified atom stereocenters. The van der Waals surface area contributed by atoms with Crippen molar-refractivity contribution in [3.05, 3.63) is 46.2 Å². The van der Waals surface area contributed by atoms with Crippen LogP contribution >= 0.6 is 23.1 Å². The van der Waals surface area contributed by atoms with Crippen LogP contribution in [0.1, 0.15) is 17.1 Å². The molecular formula is C15H16FN3O3S2. The molecule has 0 aliphatic carbocycles. The lowest BCUT2D eigenvalue weighted by Crippen LogP contribution is -2.35. The Morgan fingerprint density at radius 2 is 2.08 bits per heavy atom.